The highest BCUT2D eigenvalue weighted by Crippen LogP contribution is 2.23. The molecule has 2 rings (SSSR count). The number of aryl methyl sites for hydroxylation is 2. The first-order chi connectivity index (χ1) is 11.7. The summed E-state index contributed by atoms with van der Waals surface area (Å²) in [6, 6.07) is 9.00. The Balaban J connectivity index is 1.32. The van der Waals surface area contributed by atoms with Crippen molar-refractivity contribution in [2.75, 3.05) is 34.5 Å². The minimum Gasteiger partial charge on any atom is -0.160 e. The Labute approximate surface area is 172 Å². The van der Waals surface area contributed by atoms with Crippen LogP contribution < -0.4 is 0 Å². The second-order valence-electron chi connectivity index (χ2n) is 5.35. The van der Waals surface area contributed by atoms with Gasteiger partial charge in [-0.25, -0.2) is 0 Å². The molecule has 0 atom stereocenters. The lowest BCUT2D eigenvalue weighted by Gasteiger charge is -2.03. The van der Waals surface area contributed by atoms with Crippen molar-refractivity contribution in [3.63, 3.8) is 0 Å². The summed E-state index contributed by atoms with van der Waals surface area (Å²) in [6.07, 6.45) is 0. The van der Waals surface area contributed by atoms with Crippen molar-refractivity contribution in [3.05, 3.63) is 43.8 Å². The third-order valence-electron chi connectivity index (χ3n) is 3.20. The van der Waals surface area contributed by atoms with Gasteiger partial charge < -0.3 is 0 Å². The summed E-state index contributed by atoms with van der Waals surface area (Å²) in [5.74, 6) is 10.1. The first-order valence-corrected chi connectivity index (χ1v) is 14.4. The van der Waals surface area contributed by atoms with E-state index in [1.54, 1.807) is 0 Å². The minimum absolute atomic E-state index is 1.19. The summed E-state index contributed by atoms with van der Waals surface area (Å²) >= 11 is 12.2. The molecule has 0 bridgehead atoms. The minimum atomic E-state index is 1.19. The van der Waals surface area contributed by atoms with E-state index in [0.717, 1.165) is 0 Å². The van der Waals surface area contributed by atoms with Crippen LogP contribution in [0.1, 0.15) is 19.5 Å². The van der Waals surface area contributed by atoms with Gasteiger partial charge in [0, 0.05) is 65.5 Å². The Bertz CT molecular complexity index is 509. The van der Waals surface area contributed by atoms with Crippen LogP contribution in [0.3, 0.4) is 0 Å². The zero-order chi connectivity index (χ0) is 17.0. The van der Waals surface area contributed by atoms with Crippen molar-refractivity contribution in [3.8, 4) is 0 Å². The average molecular weight is 435 g/mol. The molecule has 6 heteroatoms. The lowest BCUT2D eigenvalue weighted by molar-refractivity contribution is 1.44. The van der Waals surface area contributed by atoms with E-state index in [2.05, 4.69) is 85.2 Å². The largest absolute Gasteiger partial charge is 0.160 e. The maximum atomic E-state index is 2.27. The second-order valence-corrected chi connectivity index (χ2v) is 12.8. The molecule has 0 aliphatic rings. The summed E-state index contributed by atoms with van der Waals surface area (Å²) in [7, 11) is 0. The van der Waals surface area contributed by atoms with Crippen molar-refractivity contribution in [1.29, 1.82) is 0 Å². The Morgan fingerprint density at radius 1 is 0.583 bits per heavy atom. The van der Waals surface area contributed by atoms with Gasteiger partial charge in [0.2, 0.25) is 0 Å². The molecule has 0 saturated carbocycles. The molecule has 24 heavy (non-hydrogen) atoms. The van der Waals surface area contributed by atoms with E-state index >= 15 is 0 Å². The number of hydrogen-bond acceptors (Lipinski definition) is 6. The molecule has 0 N–H and O–H groups in total. The molecule has 2 heterocycles. The molecule has 0 amide bonds. The molecule has 134 valence electrons. The van der Waals surface area contributed by atoms with Crippen LogP contribution >= 0.6 is 69.7 Å². The molecule has 2 aromatic rings. The van der Waals surface area contributed by atoms with Crippen molar-refractivity contribution in [2.45, 2.75) is 25.4 Å². The molecular weight excluding hydrogens is 409 g/mol. The van der Waals surface area contributed by atoms with Gasteiger partial charge in [0.25, 0.3) is 0 Å². The van der Waals surface area contributed by atoms with Gasteiger partial charge in [-0.1, -0.05) is 0 Å². The molecular formula is C18H26S6. The molecule has 0 nitrogen and oxygen atoms in total. The molecule has 0 aliphatic heterocycles. The number of thiophene rings is 2. The molecule has 0 radical (unpaired) electrons. The van der Waals surface area contributed by atoms with E-state index in [0.29, 0.717) is 0 Å². The maximum Gasteiger partial charge on any atom is 0.0279 e. The van der Waals surface area contributed by atoms with Gasteiger partial charge in [0.1, 0.15) is 0 Å². The number of rotatable bonds is 13. The van der Waals surface area contributed by atoms with Crippen LogP contribution in [0, 0.1) is 13.8 Å². The first kappa shape index (κ1) is 21.1. The molecule has 0 fully saturated rings. The highest BCUT2D eigenvalue weighted by Gasteiger charge is 1.99. The molecule has 0 unspecified atom stereocenters. The van der Waals surface area contributed by atoms with E-state index in [1.165, 1.54) is 65.5 Å². The molecule has 0 saturated heterocycles. The predicted octanol–water partition coefficient (Wildman–Crippen LogP) is 7.06. The van der Waals surface area contributed by atoms with Crippen LogP contribution in [-0.4, -0.2) is 34.5 Å². The van der Waals surface area contributed by atoms with E-state index in [-0.39, 0.29) is 0 Å². The van der Waals surface area contributed by atoms with Crippen LogP contribution in [0.4, 0.5) is 0 Å². The molecule has 2 aromatic heterocycles. The summed E-state index contributed by atoms with van der Waals surface area (Å²) < 4.78 is 0. The lowest BCUT2D eigenvalue weighted by Crippen LogP contribution is -1.92. The van der Waals surface area contributed by atoms with Gasteiger partial charge in [-0.3, -0.25) is 0 Å². The van der Waals surface area contributed by atoms with Crippen LogP contribution in [0.5, 0.6) is 0 Å². The summed E-state index contributed by atoms with van der Waals surface area (Å²) in [5.41, 5.74) is 0. The second kappa shape index (κ2) is 13.0. The molecule has 0 aromatic carbocycles. The zero-order valence-electron chi connectivity index (χ0n) is 14.4. The fourth-order valence-corrected chi connectivity index (χ4v) is 8.49. The highest BCUT2D eigenvalue weighted by atomic mass is 32.2. The Hall–Kier alpha value is 0.800. The number of hydrogen-bond donors (Lipinski definition) is 0. The zero-order valence-corrected chi connectivity index (χ0v) is 19.3. The van der Waals surface area contributed by atoms with Crippen LogP contribution in [-0.2, 0) is 11.5 Å². The van der Waals surface area contributed by atoms with E-state index < -0.39 is 0 Å². The SMILES string of the molecule is Cc1ccc(CSCCSCCSCCSCc2ccc(C)s2)s1. The summed E-state index contributed by atoms with van der Waals surface area (Å²) in [5, 5.41) is 0. The first-order valence-electron chi connectivity index (χ1n) is 8.15. The van der Waals surface area contributed by atoms with E-state index in [9.17, 15) is 0 Å². The Kier molecular flexibility index (Phi) is 11.5. The van der Waals surface area contributed by atoms with Crippen molar-refractivity contribution >= 4 is 69.7 Å². The number of thioether (sulfide) groups is 4. The molecule has 0 aliphatic carbocycles. The van der Waals surface area contributed by atoms with Crippen molar-refractivity contribution in [2.24, 2.45) is 0 Å². The van der Waals surface area contributed by atoms with Crippen LogP contribution in [0.25, 0.3) is 0 Å². The normalized spacial score (nSPS) is 11.2. The van der Waals surface area contributed by atoms with Crippen LogP contribution in [0.15, 0.2) is 24.3 Å². The topological polar surface area (TPSA) is 0 Å². The Morgan fingerprint density at radius 2 is 0.958 bits per heavy atom. The van der Waals surface area contributed by atoms with E-state index in [1.807, 2.05) is 22.7 Å². The Morgan fingerprint density at radius 3 is 1.29 bits per heavy atom. The van der Waals surface area contributed by atoms with Gasteiger partial charge in [-0.15, -0.1) is 22.7 Å². The fourth-order valence-electron chi connectivity index (χ4n) is 2.03. The lowest BCUT2D eigenvalue weighted by atomic mass is 10.5. The average Bonchev–Trinajstić information content (AvgIpc) is 3.17. The van der Waals surface area contributed by atoms with Crippen LogP contribution in [0.2, 0.25) is 0 Å². The monoisotopic (exact) mass is 434 g/mol. The summed E-state index contributed by atoms with van der Waals surface area (Å²) in [4.78, 5) is 5.91. The van der Waals surface area contributed by atoms with Gasteiger partial charge in [-0.05, 0) is 38.1 Å². The van der Waals surface area contributed by atoms with Gasteiger partial charge in [0.15, 0.2) is 0 Å². The highest BCUT2D eigenvalue weighted by molar-refractivity contribution is 8.05. The van der Waals surface area contributed by atoms with E-state index in [4.69, 9.17) is 0 Å². The van der Waals surface area contributed by atoms with Crippen molar-refractivity contribution < 1.29 is 0 Å². The fraction of sp³-hybridized carbons (Fsp3) is 0.556. The maximum absolute atomic E-state index is 2.27. The molecule has 0 spiro atoms. The third kappa shape index (κ3) is 9.48. The summed E-state index contributed by atoms with van der Waals surface area (Å²) in [6.45, 7) is 4.38. The standard InChI is InChI=1S/C18H26S6/c1-15-3-5-17(23-15)13-21-11-9-19-7-8-20-10-12-22-14-18-6-4-16(2)24-18/h3-6H,7-14H2,1-2H3. The van der Waals surface area contributed by atoms with Gasteiger partial charge in [0.05, 0.1) is 0 Å². The third-order valence-corrected chi connectivity index (χ3v) is 10.3. The van der Waals surface area contributed by atoms with Crippen molar-refractivity contribution in [1.82, 2.24) is 0 Å². The smallest absolute Gasteiger partial charge is 0.0279 e. The van der Waals surface area contributed by atoms with Gasteiger partial charge >= 0.3 is 0 Å². The predicted molar refractivity (Wildman–Crippen MR) is 125 cm³/mol. The quantitative estimate of drug-likeness (QED) is 0.309. The van der Waals surface area contributed by atoms with Gasteiger partial charge in [-0.2, -0.15) is 47.0 Å².